The van der Waals surface area contributed by atoms with Crippen molar-refractivity contribution in [2.24, 2.45) is 23.7 Å². The molecule has 1 aliphatic heterocycles. The molecule has 41 heavy (non-hydrogen) atoms. The topological polar surface area (TPSA) is 104 Å². The number of esters is 1. The Morgan fingerprint density at radius 2 is 1.93 bits per heavy atom. The summed E-state index contributed by atoms with van der Waals surface area (Å²) in [6.45, 7) is 6.48. The Morgan fingerprint density at radius 1 is 1.15 bits per heavy atom. The minimum Gasteiger partial charge on any atom is -0.462 e. The second-order valence-electron chi connectivity index (χ2n) is 12.4. The fraction of sp³-hybridized carbons (Fsp3) is 0.781. The van der Waals surface area contributed by atoms with Gasteiger partial charge in [-0.05, 0) is 62.4 Å². The number of aliphatic hydroxyl groups excluding tert-OH is 1. The molecule has 0 amide bonds. The van der Waals surface area contributed by atoms with E-state index in [-0.39, 0.29) is 72.5 Å². The number of aliphatic hydroxyl groups is 1. The third-order valence-electron chi connectivity index (χ3n) is 9.93. The number of thiazole rings is 1. The highest BCUT2D eigenvalue weighted by atomic mass is 32.1. The van der Waals surface area contributed by atoms with Gasteiger partial charge in [-0.25, -0.2) is 4.98 Å². The zero-order chi connectivity index (χ0) is 29.3. The molecule has 0 radical (unpaired) electrons. The summed E-state index contributed by atoms with van der Waals surface area (Å²) in [4.78, 5) is 33.7. The number of ketones is 1. The summed E-state index contributed by atoms with van der Waals surface area (Å²) < 4.78 is 22.7. The fourth-order valence-corrected chi connectivity index (χ4v) is 9.03. The molecule has 9 heteroatoms. The molecule has 0 bridgehead atoms. The molecular weight excluding hydrogens is 542 g/mol. The molecule has 2 heterocycles. The lowest BCUT2D eigenvalue weighted by Crippen LogP contribution is -2.36. The molecule has 0 aromatic carbocycles. The number of ether oxygens (including phenoxy) is 4. The molecule has 1 saturated carbocycles. The number of carbonyl (C=O) groups excluding carboxylic acids is 2. The summed E-state index contributed by atoms with van der Waals surface area (Å²) in [6.07, 6.45) is 7.38. The normalized spacial score (nSPS) is 35.2. The van der Waals surface area contributed by atoms with E-state index >= 15 is 0 Å². The Bertz CT molecular complexity index is 1120. The number of fused-ring (bicyclic) bond motifs is 8. The van der Waals surface area contributed by atoms with Crippen LogP contribution in [0.25, 0.3) is 0 Å². The van der Waals surface area contributed by atoms with E-state index in [1.165, 1.54) is 4.88 Å². The average molecular weight is 590 g/mol. The molecule has 10 atom stereocenters. The minimum absolute atomic E-state index is 0.0200. The zero-order valence-corrected chi connectivity index (χ0v) is 26.0. The van der Waals surface area contributed by atoms with E-state index in [4.69, 9.17) is 23.9 Å². The number of cyclic esters (lactones) is 1. The van der Waals surface area contributed by atoms with E-state index in [0.29, 0.717) is 0 Å². The van der Waals surface area contributed by atoms with Crippen molar-refractivity contribution in [1.82, 2.24) is 4.98 Å². The molecule has 228 valence electrons. The number of Topliss-reactive ketones (excluding diaryl/α,β-unsaturated/α-hetero) is 1. The number of allylic oxidation sites excluding steroid dienone is 2. The van der Waals surface area contributed by atoms with E-state index in [1.54, 1.807) is 25.6 Å². The van der Waals surface area contributed by atoms with Crippen molar-refractivity contribution >= 4 is 23.1 Å². The van der Waals surface area contributed by atoms with Crippen LogP contribution in [-0.2, 0) is 35.0 Å². The van der Waals surface area contributed by atoms with E-state index < -0.39 is 12.4 Å². The minimum atomic E-state index is -1.09. The maximum absolute atomic E-state index is 13.9. The van der Waals surface area contributed by atoms with Crippen molar-refractivity contribution in [2.75, 3.05) is 20.8 Å². The molecule has 3 unspecified atom stereocenters. The lowest BCUT2D eigenvalue weighted by Gasteiger charge is -2.37. The number of aromatic nitrogens is 1. The third-order valence-corrected chi connectivity index (χ3v) is 11.3. The van der Waals surface area contributed by atoms with Gasteiger partial charge in [0.1, 0.15) is 12.2 Å². The summed E-state index contributed by atoms with van der Waals surface area (Å²) in [5.41, 5.74) is 1.87. The molecule has 0 spiro atoms. The maximum Gasteiger partial charge on any atom is 0.306 e. The van der Waals surface area contributed by atoms with E-state index in [9.17, 15) is 14.7 Å². The number of methoxy groups -OCH3 is 2. The van der Waals surface area contributed by atoms with Crippen molar-refractivity contribution in [3.63, 3.8) is 0 Å². The smallest absolute Gasteiger partial charge is 0.306 e. The highest BCUT2D eigenvalue weighted by Gasteiger charge is 2.55. The van der Waals surface area contributed by atoms with Gasteiger partial charge < -0.3 is 24.1 Å². The highest BCUT2D eigenvalue weighted by molar-refractivity contribution is 7.11. The summed E-state index contributed by atoms with van der Waals surface area (Å²) in [7, 11) is 3.12. The molecule has 2 fully saturated rings. The lowest BCUT2D eigenvalue weighted by atomic mass is 9.67. The van der Waals surface area contributed by atoms with Gasteiger partial charge in [-0.2, -0.15) is 0 Å². The first-order valence-corrected chi connectivity index (χ1v) is 16.4. The van der Waals surface area contributed by atoms with Crippen LogP contribution in [0.3, 0.4) is 0 Å². The molecule has 4 aliphatic rings. The Kier molecular flexibility index (Phi) is 10.0. The predicted octanol–water partition coefficient (Wildman–Crippen LogP) is 5.32. The van der Waals surface area contributed by atoms with Gasteiger partial charge >= 0.3 is 5.97 Å². The maximum atomic E-state index is 13.9. The van der Waals surface area contributed by atoms with Gasteiger partial charge in [0, 0.05) is 42.8 Å². The Balaban J connectivity index is 1.48. The first kappa shape index (κ1) is 30.8. The van der Waals surface area contributed by atoms with Gasteiger partial charge in [0.2, 0.25) is 0 Å². The van der Waals surface area contributed by atoms with Gasteiger partial charge in [0.25, 0.3) is 0 Å². The van der Waals surface area contributed by atoms with Crippen LogP contribution in [0.4, 0.5) is 0 Å². The summed E-state index contributed by atoms with van der Waals surface area (Å²) in [5, 5.41) is 11.9. The van der Waals surface area contributed by atoms with Crippen LogP contribution in [0.5, 0.6) is 0 Å². The van der Waals surface area contributed by atoms with E-state index in [1.807, 2.05) is 6.92 Å². The largest absolute Gasteiger partial charge is 0.462 e. The van der Waals surface area contributed by atoms with Crippen LogP contribution in [0.2, 0.25) is 0 Å². The fourth-order valence-electron chi connectivity index (χ4n) is 7.78. The Morgan fingerprint density at radius 3 is 2.63 bits per heavy atom. The number of aryl methyl sites for hydroxylation is 1. The van der Waals surface area contributed by atoms with Gasteiger partial charge in [-0.1, -0.05) is 33.3 Å². The van der Waals surface area contributed by atoms with Gasteiger partial charge in [-0.3, -0.25) is 9.59 Å². The van der Waals surface area contributed by atoms with Gasteiger partial charge in [0.05, 0.1) is 29.8 Å². The van der Waals surface area contributed by atoms with Crippen LogP contribution < -0.4 is 0 Å². The third kappa shape index (κ3) is 6.21. The summed E-state index contributed by atoms with van der Waals surface area (Å²) in [6, 6.07) is 0. The van der Waals surface area contributed by atoms with Crippen molar-refractivity contribution in [1.29, 1.82) is 0 Å². The molecule has 3 aliphatic carbocycles. The Hall–Kier alpha value is -1.65. The number of nitrogens with zero attached hydrogens (tertiary/aromatic N) is 1. The molecule has 1 saturated heterocycles. The van der Waals surface area contributed by atoms with Crippen molar-refractivity contribution < 1.29 is 33.6 Å². The molecule has 1 aromatic heterocycles. The quantitative estimate of drug-likeness (QED) is 0.321. The van der Waals surface area contributed by atoms with E-state index in [2.05, 4.69) is 19.9 Å². The molecule has 8 nitrogen and oxygen atoms in total. The molecule has 1 N–H and O–H groups in total. The van der Waals surface area contributed by atoms with Crippen LogP contribution in [0.1, 0.15) is 99.6 Å². The van der Waals surface area contributed by atoms with Crippen molar-refractivity contribution in [3.8, 4) is 0 Å². The number of carbonyl (C=O) groups is 2. The zero-order valence-electron chi connectivity index (χ0n) is 25.2. The molecule has 1 aromatic rings. The second kappa shape index (κ2) is 13.3. The number of hydrogen-bond donors (Lipinski definition) is 1. The predicted molar refractivity (Wildman–Crippen MR) is 156 cm³/mol. The molecule has 5 rings (SSSR count). The van der Waals surface area contributed by atoms with Crippen LogP contribution in [0.15, 0.2) is 11.6 Å². The molecular formula is C32H47NO7S. The number of hydrogen-bond acceptors (Lipinski definition) is 9. The lowest BCUT2D eigenvalue weighted by molar-refractivity contribution is -0.204. The van der Waals surface area contributed by atoms with E-state index in [0.717, 1.165) is 67.6 Å². The highest BCUT2D eigenvalue weighted by Crippen LogP contribution is 2.62. The van der Waals surface area contributed by atoms with Gasteiger partial charge in [0.15, 0.2) is 12.1 Å². The van der Waals surface area contributed by atoms with Crippen molar-refractivity contribution in [2.45, 2.75) is 115 Å². The monoisotopic (exact) mass is 589 g/mol. The second-order valence-corrected chi connectivity index (χ2v) is 13.6. The first-order valence-electron chi connectivity index (χ1n) is 15.6. The van der Waals surface area contributed by atoms with Crippen LogP contribution in [-0.4, -0.2) is 67.3 Å². The van der Waals surface area contributed by atoms with Gasteiger partial charge in [-0.15, -0.1) is 11.3 Å². The van der Waals surface area contributed by atoms with Crippen molar-refractivity contribution in [3.05, 3.63) is 27.2 Å². The Labute approximate surface area is 248 Å². The number of rotatable bonds is 8. The standard InChI is InChI=1S/C32H47NO7S/c1-6-18-11-9-8-10-17(3)30(35)23-14-21-20-12-19(40-32(36)25(38-5)16-37-4)13-24(20)31-29(33-26(7-2)41-31)28(21)22(23)15-27(34)39-18/h14,17-22,24-25,28,32,36H,6-13,15-16H2,1-5H3/t17-,18+,19+,20+,21?,22-,24?,25+,28-,32?/m1/s1. The van der Waals surface area contributed by atoms with Crippen LogP contribution in [0, 0.1) is 23.7 Å². The average Bonchev–Trinajstić information content (AvgIpc) is 3.67. The van der Waals surface area contributed by atoms with Crippen LogP contribution >= 0.6 is 11.3 Å². The SMILES string of the molecule is CCc1nc2c(s1)C1C[C@@H](OC(O)[C@H](COC)OC)C[C@H]1C1C=C3C(=O)[C@H](C)CCCC[C@H](CC)OC(=O)C[C@H]3[C@H]21. The first-order chi connectivity index (χ1) is 19.8. The summed E-state index contributed by atoms with van der Waals surface area (Å²) in [5.74, 6) is 0.241. The summed E-state index contributed by atoms with van der Waals surface area (Å²) >= 11 is 1.77.